The zero-order valence-electron chi connectivity index (χ0n) is 12.0. The van der Waals surface area contributed by atoms with Crippen LogP contribution in [0.2, 0.25) is 0 Å². The Labute approximate surface area is 115 Å². The molecule has 2 rings (SSSR count). The molecule has 0 spiro atoms. The summed E-state index contributed by atoms with van der Waals surface area (Å²) >= 11 is 0. The Kier molecular flexibility index (Phi) is 4.08. The number of aromatic nitrogens is 1. The summed E-state index contributed by atoms with van der Waals surface area (Å²) in [7, 11) is 0. The molecule has 1 aliphatic carbocycles. The molecule has 1 aliphatic rings. The van der Waals surface area contributed by atoms with Crippen LogP contribution < -0.4 is 10.6 Å². The molecule has 104 valence electrons. The largest absolute Gasteiger partial charge is 0.370 e. The van der Waals surface area contributed by atoms with Gasteiger partial charge in [0.2, 0.25) is 0 Å². The first kappa shape index (κ1) is 13.8. The van der Waals surface area contributed by atoms with Crippen molar-refractivity contribution in [3.63, 3.8) is 0 Å². The van der Waals surface area contributed by atoms with Crippen molar-refractivity contribution in [2.45, 2.75) is 33.6 Å². The van der Waals surface area contributed by atoms with E-state index in [0.717, 1.165) is 18.9 Å². The van der Waals surface area contributed by atoms with Gasteiger partial charge in [0, 0.05) is 19.3 Å². The Bertz CT molecular complexity index is 435. The van der Waals surface area contributed by atoms with Gasteiger partial charge >= 0.3 is 0 Å². The van der Waals surface area contributed by atoms with E-state index in [0.29, 0.717) is 16.9 Å². The highest BCUT2D eigenvalue weighted by atomic mass is 16.1. The normalized spacial score (nSPS) is 16.2. The van der Waals surface area contributed by atoms with E-state index in [1.165, 1.54) is 12.8 Å². The van der Waals surface area contributed by atoms with E-state index in [4.69, 9.17) is 0 Å². The molecule has 1 heterocycles. The summed E-state index contributed by atoms with van der Waals surface area (Å²) in [5, 5.41) is 6.15. The molecular formula is C15H23N3O. The Balaban J connectivity index is 1.89. The van der Waals surface area contributed by atoms with Crippen molar-refractivity contribution in [1.29, 1.82) is 0 Å². The fourth-order valence-electron chi connectivity index (χ4n) is 2.29. The summed E-state index contributed by atoms with van der Waals surface area (Å²) in [6.45, 7) is 8.08. The topological polar surface area (TPSA) is 54.0 Å². The van der Waals surface area contributed by atoms with E-state index in [1.54, 1.807) is 6.20 Å². The number of rotatable bonds is 6. The molecule has 1 aromatic heterocycles. The number of pyridine rings is 1. The average Bonchev–Trinajstić information content (AvgIpc) is 3.18. The molecule has 19 heavy (non-hydrogen) atoms. The number of hydrogen-bond donors (Lipinski definition) is 2. The predicted molar refractivity (Wildman–Crippen MR) is 77.2 cm³/mol. The molecule has 0 aromatic carbocycles. The second-order valence-electron chi connectivity index (χ2n) is 5.66. The second-order valence-corrected chi connectivity index (χ2v) is 5.66. The Morgan fingerprint density at radius 3 is 2.63 bits per heavy atom. The summed E-state index contributed by atoms with van der Waals surface area (Å²) in [6, 6.07) is 3.66. The van der Waals surface area contributed by atoms with E-state index in [9.17, 15) is 4.79 Å². The number of anilines is 1. The smallest absolute Gasteiger partial charge is 0.252 e. The van der Waals surface area contributed by atoms with Gasteiger partial charge in [-0.05, 0) is 43.2 Å². The number of nitrogens with one attached hydrogen (secondary N) is 2. The minimum atomic E-state index is -0.0255. The monoisotopic (exact) mass is 261 g/mol. The van der Waals surface area contributed by atoms with Gasteiger partial charge in [-0.3, -0.25) is 4.79 Å². The van der Waals surface area contributed by atoms with Crippen molar-refractivity contribution in [2.24, 2.45) is 11.3 Å². The molecule has 0 radical (unpaired) electrons. The third-order valence-corrected chi connectivity index (χ3v) is 4.10. The van der Waals surface area contributed by atoms with Crippen LogP contribution >= 0.6 is 0 Å². The van der Waals surface area contributed by atoms with Crippen molar-refractivity contribution < 1.29 is 4.79 Å². The van der Waals surface area contributed by atoms with Crippen LogP contribution in [-0.4, -0.2) is 24.0 Å². The van der Waals surface area contributed by atoms with Crippen molar-refractivity contribution in [1.82, 2.24) is 10.3 Å². The van der Waals surface area contributed by atoms with Crippen LogP contribution in [0.25, 0.3) is 0 Å². The quantitative estimate of drug-likeness (QED) is 0.827. The number of carbonyl (C=O) groups is 1. The maximum Gasteiger partial charge on any atom is 0.252 e. The number of nitrogens with zero attached hydrogens (tertiary/aromatic N) is 1. The van der Waals surface area contributed by atoms with Crippen LogP contribution in [0.5, 0.6) is 0 Å². The van der Waals surface area contributed by atoms with E-state index in [1.807, 2.05) is 19.1 Å². The summed E-state index contributed by atoms with van der Waals surface area (Å²) in [5.41, 5.74) is 0.966. The number of carbonyl (C=O) groups excluding carboxylic acids is 1. The minimum Gasteiger partial charge on any atom is -0.370 e. The molecular weight excluding hydrogens is 238 g/mol. The Morgan fingerprint density at radius 1 is 1.42 bits per heavy atom. The van der Waals surface area contributed by atoms with Crippen LogP contribution in [0.3, 0.4) is 0 Å². The highest BCUT2D eigenvalue weighted by Crippen LogP contribution is 2.51. The fourth-order valence-corrected chi connectivity index (χ4v) is 2.29. The predicted octanol–water partition coefficient (Wildman–Crippen LogP) is 2.68. The number of amides is 1. The Morgan fingerprint density at radius 2 is 2.16 bits per heavy atom. The first-order valence-corrected chi connectivity index (χ1v) is 7.05. The molecule has 2 N–H and O–H groups in total. The summed E-state index contributed by atoms with van der Waals surface area (Å²) < 4.78 is 0. The van der Waals surface area contributed by atoms with Gasteiger partial charge < -0.3 is 10.6 Å². The van der Waals surface area contributed by atoms with Crippen LogP contribution in [0.15, 0.2) is 18.3 Å². The third-order valence-electron chi connectivity index (χ3n) is 4.10. The van der Waals surface area contributed by atoms with Crippen molar-refractivity contribution >= 4 is 11.7 Å². The zero-order valence-corrected chi connectivity index (χ0v) is 12.0. The van der Waals surface area contributed by atoms with Gasteiger partial charge in [-0.15, -0.1) is 0 Å². The molecule has 0 bridgehead atoms. The lowest BCUT2D eigenvalue weighted by atomic mass is 9.92. The van der Waals surface area contributed by atoms with Gasteiger partial charge in [0.1, 0.15) is 5.82 Å². The van der Waals surface area contributed by atoms with Crippen molar-refractivity contribution in [2.75, 3.05) is 18.4 Å². The van der Waals surface area contributed by atoms with E-state index in [2.05, 4.69) is 29.5 Å². The lowest BCUT2D eigenvalue weighted by Crippen LogP contribution is -2.32. The molecule has 0 atom stereocenters. The van der Waals surface area contributed by atoms with Crippen LogP contribution in [0.1, 0.15) is 44.0 Å². The summed E-state index contributed by atoms with van der Waals surface area (Å²) in [5.74, 6) is 1.41. The average molecular weight is 261 g/mol. The molecule has 1 saturated carbocycles. The molecule has 4 heteroatoms. The zero-order chi connectivity index (χ0) is 13.9. The highest BCUT2D eigenvalue weighted by molar-refractivity contribution is 5.94. The van der Waals surface area contributed by atoms with E-state index in [-0.39, 0.29) is 5.91 Å². The molecule has 4 nitrogen and oxygen atoms in total. The van der Waals surface area contributed by atoms with Gasteiger partial charge in [0.25, 0.3) is 5.91 Å². The van der Waals surface area contributed by atoms with E-state index < -0.39 is 0 Å². The van der Waals surface area contributed by atoms with Crippen molar-refractivity contribution in [3.8, 4) is 0 Å². The molecule has 0 saturated heterocycles. The maximum atomic E-state index is 12.0. The maximum absolute atomic E-state index is 12.0. The first-order valence-electron chi connectivity index (χ1n) is 7.05. The van der Waals surface area contributed by atoms with Gasteiger partial charge in [-0.25, -0.2) is 4.98 Å². The first-order chi connectivity index (χ1) is 9.07. The lowest BCUT2D eigenvalue weighted by Gasteiger charge is -2.19. The van der Waals surface area contributed by atoms with Crippen LogP contribution in [0.4, 0.5) is 5.82 Å². The molecule has 0 unspecified atom stereocenters. The second kappa shape index (κ2) is 5.59. The van der Waals surface area contributed by atoms with Gasteiger partial charge in [0.05, 0.1) is 5.56 Å². The SMILES string of the molecule is CCNc1ccc(C(=O)NCC2(C(C)C)CC2)cn1. The molecule has 0 aliphatic heterocycles. The van der Waals surface area contributed by atoms with Crippen LogP contribution in [-0.2, 0) is 0 Å². The molecule has 1 aromatic rings. The minimum absolute atomic E-state index is 0.0255. The molecule has 1 amide bonds. The fraction of sp³-hybridized carbons (Fsp3) is 0.600. The lowest BCUT2D eigenvalue weighted by molar-refractivity contribution is 0.0939. The van der Waals surface area contributed by atoms with E-state index >= 15 is 0 Å². The van der Waals surface area contributed by atoms with Gasteiger partial charge in [0.15, 0.2) is 0 Å². The standard InChI is InChI=1S/C15H23N3O/c1-4-16-13-6-5-12(9-17-13)14(19)18-10-15(7-8-15)11(2)3/h5-6,9,11H,4,7-8,10H2,1-3H3,(H,16,17)(H,18,19). The van der Waals surface area contributed by atoms with Crippen LogP contribution in [0, 0.1) is 11.3 Å². The number of hydrogen-bond acceptors (Lipinski definition) is 3. The van der Waals surface area contributed by atoms with Gasteiger partial charge in [-0.1, -0.05) is 13.8 Å². The third kappa shape index (κ3) is 3.25. The van der Waals surface area contributed by atoms with Gasteiger partial charge in [-0.2, -0.15) is 0 Å². The summed E-state index contributed by atoms with van der Waals surface area (Å²) in [4.78, 5) is 16.3. The summed E-state index contributed by atoms with van der Waals surface area (Å²) in [6.07, 6.45) is 4.08. The molecule has 1 fully saturated rings. The highest BCUT2D eigenvalue weighted by Gasteiger charge is 2.45. The van der Waals surface area contributed by atoms with Crippen molar-refractivity contribution in [3.05, 3.63) is 23.9 Å². The Hall–Kier alpha value is -1.58.